The minimum absolute atomic E-state index is 0.279. The second-order valence-electron chi connectivity index (χ2n) is 8.40. The molecule has 0 fully saturated rings. The fraction of sp³-hybridized carbons (Fsp3) is 0.552. The van der Waals surface area contributed by atoms with Crippen LogP contribution in [0.5, 0.6) is 5.75 Å². The van der Waals surface area contributed by atoms with E-state index in [0.29, 0.717) is 0 Å². The van der Waals surface area contributed by atoms with Gasteiger partial charge in [0.25, 0.3) is 0 Å². The van der Waals surface area contributed by atoms with Gasteiger partial charge in [0.05, 0.1) is 0 Å². The van der Waals surface area contributed by atoms with Gasteiger partial charge in [-0.1, -0.05) is 90.2 Å². The lowest BCUT2D eigenvalue weighted by Gasteiger charge is -2.16. The van der Waals surface area contributed by atoms with Crippen LogP contribution >= 0.6 is 15.9 Å². The van der Waals surface area contributed by atoms with Crippen molar-refractivity contribution in [2.24, 2.45) is 10.9 Å². The average molecular weight is 522 g/mol. The molecule has 33 heavy (non-hydrogen) atoms. The summed E-state index contributed by atoms with van der Waals surface area (Å²) in [6.07, 6.45) is 11.5. The minimum atomic E-state index is 0.279. The first kappa shape index (κ1) is 33.4. The third kappa shape index (κ3) is 18.3. The van der Waals surface area contributed by atoms with Crippen molar-refractivity contribution in [3.8, 4) is 5.75 Å². The molecule has 0 amide bonds. The first-order chi connectivity index (χ1) is 15.7. The second-order valence-corrected chi connectivity index (χ2v) is 9.26. The van der Waals surface area contributed by atoms with E-state index in [1.54, 1.807) is 19.3 Å². The molecule has 1 aromatic rings. The van der Waals surface area contributed by atoms with E-state index in [9.17, 15) is 5.11 Å². The van der Waals surface area contributed by atoms with Crippen LogP contribution in [0.2, 0.25) is 0 Å². The number of aliphatic imine (C=N–C) groups is 1. The van der Waals surface area contributed by atoms with Crippen molar-refractivity contribution in [3.63, 3.8) is 0 Å². The SMILES string of the molecule is C=C(/C=C(\C)NCC(CC)CCCC)c1ccccc1O.CCCC.CN=CC(Br)=C(C)C. The normalized spacial score (nSPS) is 11.6. The lowest BCUT2D eigenvalue weighted by molar-refractivity contribution is 0.435. The highest BCUT2D eigenvalue weighted by atomic mass is 79.9. The maximum atomic E-state index is 9.84. The monoisotopic (exact) mass is 520 g/mol. The summed E-state index contributed by atoms with van der Waals surface area (Å²) < 4.78 is 1.07. The predicted octanol–water partition coefficient (Wildman–Crippen LogP) is 9.30. The van der Waals surface area contributed by atoms with E-state index in [0.717, 1.165) is 33.8 Å². The minimum Gasteiger partial charge on any atom is -0.507 e. The number of unbranched alkanes of at least 4 members (excludes halogenated alkanes) is 2. The van der Waals surface area contributed by atoms with Gasteiger partial charge in [-0.25, -0.2) is 0 Å². The first-order valence-corrected chi connectivity index (χ1v) is 13.1. The zero-order valence-electron chi connectivity index (χ0n) is 22.5. The van der Waals surface area contributed by atoms with Crippen molar-refractivity contribution >= 4 is 27.7 Å². The Bertz CT molecular complexity index is 729. The fourth-order valence-electron chi connectivity index (χ4n) is 2.63. The molecule has 0 saturated carbocycles. The number of rotatable bonds is 11. The Hall–Kier alpha value is -1.81. The van der Waals surface area contributed by atoms with Gasteiger partial charge >= 0.3 is 0 Å². The van der Waals surface area contributed by atoms with Crippen LogP contribution in [0.3, 0.4) is 0 Å². The smallest absolute Gasteiger partial charge is 0.123 e. The summed E-state index contributed by atoms with van der Waals surface area (Å²) in [5, 5.41) is 13.3. The molecular formula is C29H49BrN2O. The quantitative estimate of drug-likeness (QED) is 0.225. The predicted molar refractivity (Wildman–Crippen MR) is 155 cm³/mol. The summed E-state index contributed by atoms with van der Waals surface area (Å²) >= 11 is 3.33. The molecule has 1 unspecified atom stereocenters. The maximum Gasteiger partial charge on any atom is 0.123 e. The number of hydrogen-bond acceptors (Lipinski definition) is 3. The molecule has 0 aliphatic carbocycles. The van der Waals surface area contributed by atoms with Crippen LogP contribution in [0.4, 0.5) is 0 Å². The lowest BCUT2D eigenvalue weighted by Crippen LogP contribution is -2.21. The first-order valence-electron chi connectivity index (χ1n) is 12.3. The van der Waals surface area contributed by atoms with Crippen LogP contribution in [0.25, 0.3) is 5.57 Å². The molecule has 1 atom stereocenters. The van der Waals surface area contributed by atoms with Crippen LogP contribution in [0, 0.1) is 5.92 Å². The third-order valence-corrected chi connectivity index (χ3v) is 6.07. The summed E-state index contributed by atoms with van der Waals surface area (Å²) in [6, 6.07) is 7.31. The van der Waals surface area contributed by atoms with E-state index >= 15 is 0 Å². The molecule has 3 nitrogen and oxygen atoms in total. The summed E-state index contributed by atoms with van der Waals surface area (Å²) in [5.41, 5.74) is 3.96. The average Bonchev–Trinajstić information content (AvgIpc) is 2.80. The third-order valence-electron chi connectivity index (χ3n) is 5.07. The molecular weight excluding hydrogens is 472 g/mol. The number of para-hydroxylation sites is 1. The summed E-state index contributed by atoms with van der Waals surface area (Å²) in [7, 11) is 1.75. The van der Waals surface area contributed by atoms with Crippen molar-refractivity contribution in [1.29, 1.82) is 0 Å². The number of phenolic OH excluding ortho intramolecular Hbond substituents is 1. The molecule has 0 radical (unpaired) electrons. The van der Waals surface area contributed by atoms with E-state index < -0.39 is 0 Å². The van der Waals surface area contributed by atoms with Gasteiger partial charge in [0.15, 0.2) is 0 Å². The molecule has 0 heterocycles. The molecule has 0 aliphatic rings. The topological polar surface area (TPSA) is 44.6 Å². The van der Waals surface area contributed by atoms with Gasteiger partial charge in [0.1, 0.15) is 5.75 Å². The van der Waals surface area contributed by atoms with Crippen LogP contribution < -0.4 is 5.32 Å². The largest absolute Gasteiger partial charge is 0.507 e. The van der Waals surface area contributed by atoms with Gasteiger partial charge in [-0.2, -0.15) is 0 Å². The van der Waals surface area contributed by atoms with E-state index in [1.165, 1.54) is 44.1 Å². The van der Waals surface area contributed by atoms with Gasteiger partial charge in [0, 0.05) is 35.5 Å². The van der Waals surface area contributed by atoms with Crippen molar-refractivity contribution in [3.05, 3.63) is 58.2 Å². The van der Waals surface area contributed by atoms with Crippen LogP contribution in [-0.4, -0.2) is 24.9 Å². The Kier molecular flexibility index (Phi) is 22.2. The van der Waals surface area contributed by atoms with Gasteiger partial charge in [-0.15, -0.1) is 0 Å². The number of nitrogens with one attached hydrogen (secondary N) is 1. The highest BCUT2D eigenvalue weighted by Crippen LogP contribution is 2.24. The molecule has 1 rings (SSSR count). The Morgan fingerprint density at radius 1 is 1.09 bits per heavy atom. The van der Waals surface area contributed by atoms with Crippen LogP contribution in [-0.2, 0) is 0 Å². The van der Waals surface area contributed by atoms with Crippen LogP contribution in [0.15, 0.2) is 57.7 Å². The molecule has 1 aromatic carbocycles. The van der Waals surface area contributed by atoms with Gasteiger partial charge < -0.3 is 10.4 Å². The number of halogens is 1. The molecule has 0 spiro atoms. The van der Waals surface area contributed by atoms with Crippen molar-refractivity contribution in [2.75, 3.05) is 13.6 Å². The highest BCUT2D eigenvalue weighted by Gasteiger charge is 2.06. The molecule has 2 N–H and O–H groups in total. The van der Waals surface area contributed by atoms with Gasteiger partial charge in [-0.3, -0.25) is 4.99 Å². The summed E-state index contributed by atoms with van der Waals surface area (Å²) in [5.74, 6) is 1.01. The maximum absolute atomic E-state index is 9.84. The van der Waals surface area contributed by atoms with Crippen molar-refractivity contribution < 1.29 is 5.11 Å². The second kappa shape index (κ2) is 22.0. The van der Waals surface area contributed by atoms with Crippen molar-refractivity contribution in [1.82, 2.24) is 5.32 Å². The number of nitrogens with zero attached hydrogens (tertiary/aromatic N) is 1. The number of aromatic hydroxyl groups is 1. The number of benzene rings is 1. The van der Waals surface area contributed by atoms with E-state index in [2.05, 4.69) is 67.4 Å². The van der Waals surface area contributed by atoms with Gasteiger partial charge in [-0.05, 0) is 66.8 Å². The summed E-state index contributed by atoms with van der Waals surface area (Å²) in [6.45, 7) is 20.0. The van der Waals surface area contributed by atoms with Crippen molar-refractivity contribution in [2.45, 2.75) is 87.0 Å². The van der Waals surface area contributed by atoms with E-state index in [1.807, 2.05) is 38.1 Å². The number of phenols is 1. The Morgan fingerprint density at radius 2 is 1.70 bits per heavy atom. The number of allylic oxidation sites excluding steroid dienone is 5. The molecule has 0 aromatic heterocycles. The Balaban J connectivity index is 0. The molecule has 0 saturated heterocycles. The van der Waals surface area contributed by atoms with Crippen LogP contribution in [0.1, 0.15) is 92.6 Å². The lowest BCUT2D eigenvalue weighted by atomic mass is 9.99. The highest BCUT2D eigenvalue weighted by molar-refractivity contribution is 9.12. The zero-order chi connectivity index (χ0) is 25.6. The summed E-state index contributed by atoms with van der Waals surface area (Å²) in [4.78, 5) is 3.83. The molecule has 188 valence electrons. The van der Waals surface area contributed by atoms with Gasteiger partial charge in [0.2, 0.25) is 0 Å². The zero-order valence-corrected chi connectivity index (χ0v) is 24.1. The fourth-order valence-corrected chi connectivity index (χ4v) is 2.83. The molecule has 4 heteroatoms. The van der Waals surface area contributed by atoms with E-state index in [4.69, 9.17) is 0 Å². The van der Waals surface area contributed by atoms with E-state index in [-0.39, 0.29) is 5.75 Å². The Labute approximate surface area is 213 Å². The Morgan fingerprint density at radius 3 is 2.12 bits per heavy atom. The molecule has 0 aliphatic heterocycles. The molecule has 0 bridgehead atoms. The number of hydrogen-bond donors (Lipinski definition) is 2. The standard InChI is InChI=1S/C19H29NO.C6H10BrN.C4H10/c1-5-7-10-17(6-2)14-20-16(4)13-15(3)18-11-8-9-12-19(18)21;1-5(2)6(7)4-8-3;1-3-4-2/h8-9,11-13,17,20-21H,3,5-7,10,14H2,1-2,4H3;4H,1-3H3;3-4H2,1-2H3/b16-13+;;.